The van der Waals surface area contributed by atoms with Gasteiger partial charge in [-0.15, -0.1) is 0 Å². The molecule has 0 saturated heterocycles. The molecule has 1 heterocycles. The highest BCUT2D eigenvalue weighted by Gasteiger charge is 2.06. The Kier molecular flexibility index (Phi) is 4.54. The molecular formula is C13H13ClFN5O. The molecule has 110 valence electrons. The number of benzene rings is 1. The van der Waals surface area contributed by atoms with E-state index < -0.39 is 11.8 Å². The molecule has 0 spiro atoms. The van der Waals surface area contributed by atoms with Crippen LogP contribution < -0.4 is 15.5 Å². The van der Waals surface area contributed by atoms with Gasteiger partial charge in [-0.2, -0.15) is 0 Å². The van der Waals surface area contributed by atoms with Gasteiger partial charge in [-0.05, 0) is 18.2 Å². The molecule has 0 aliphatic carbocycles. The Morgan fingerprint density at radius 1 is 1.19 bits per heavy atom. The Hall–Kier alpha value is -2.41. The summed E-state index contributed by atoms with van der Waals surface area (Å²) < 4.78 is 13.0. The normalized spacial score (nSPS) is 10.1. The summed E-state index contributed by atoms with van der Waals surface area (Å²) in [4.78, 5) is 21.6. The van der Waals surface area contributed by atoms with Crippen molar-refractivity contribution in [1.82, 2.24) is 9.97 Å². The fraction of sp³-hybridized carbons (Fsp3) is 0.154. The van der Waals surface area contributed by atoms with Crippen molar-refractivity contribution in [2.24, 2.45) is 0 Å². The molecule has 0 fully saturated rings. The maximum Gasteiger partial charge on any atom is 0.323 e. The van der Waals surface area contributed by atoms with Gasteiger partial charge in [0.25, 0.3) is 0 Å². The molecule has 1 aromatic carbocycles. The number of nitrogens with one attached hydrogen (secondary N) is 2. The molecule has 0 atom stereocenters. The zero-order valence-corrected chi connectivity index (χ0v) is 12.1. The maximum absolute atomic E-state index is 13.0. The average Bonchev–Trinajstić information content (AvgIpc) is 2.43. The number of nitrogens with zero attached hydrogens (tertiary/aromatic N) is 3. The summed E-state index contributed by atoms with van der Waals surface area (Å²) in [6, 6.07) is 3.40. The van der Waals surface area contributed by atoms with Gasteiger partial charge in [0, 0.05) is 19.8 Å². The highest BCUT2D eigenvalue weighted by atomic mass is 35.5. The molecule has 0 bridgehead atoms. The molecule has 2 amide bonds. The van der Waals surface area contributed by atoms with Crippen LogP contribution in [0.4, 0.5) is 26.5 Å². The molecule has 2 rings (SSSR count). The number of hydrogen-bond donors (Lipinski definition) is 2. The van der Waals surface area contributed by atoms with E-state index in [-0.39, 0.29) is 5.02 Å². The van der Waals surface area contributed by atoms with E-state index in [0.29, 0.717) is 17.3 Å². The summed E-state index contributed by atoms with van der Waals surface area (Å²) in [5.74, 6) is -0.0124. The van der Waals surface area contributed by atoms with E-state index >= 15 is 0 Å². The second-order valence-electron chi connectivity index (χ2n) is 4.37. The molecule has 2 aromatic rings. The number of hydrogen-bond acceptors (Lipinski definition) is 4. The highest BCUT2D eigenvalue weighted by molar-refractivity contribution is 6.31. The van der Waals surface area contributed by atoms with Gasteiger partial charge in [-0.3, -0.25) is 0 Å². The van der Waals surface area contributed by atoms with Crippen LogP contribution in [-0.2, 0) is 0 Å². The van der Waals surface area contributed by atoms with E-state index in [0.717, 1.165) is 0 Å². The van der Waals surface area contributed by atoms with Crippen molar-refractivity contribution in [3.63, 3.8) is 0 Å². The fourth-order valence-electron chi connectivity index (χ4n) is 1.48. The minimum atomic E-state index is -0.546. The number of carbonyl (C=O) groups is 1. The van der Waals surface area contributed by atoms with Crippen LogP contribution >= 0.6 is 11.6 Å². The van der Waals surface area contributed by atoms with Crippen LogP contribution in [0.15, 0.2) is 30.6 Å². The van der Waals surface area contributed by atoms with Crippen LogP contribution in [0.3, 0.4) is 0 Å². The summed E-state index contributed by atoms with van der Waals surface area (Å²) >= 11 is 5.63. The molecule has 21 heavy (non-hydrogen) atoms. The van der Waals surface area contributed by atoms with Gasteiger partial charge in [0.1, 0.15) is 5.82 Å². The van der Waals surface area contributed by atoms with E-state index in [9.17, 15) is 9.18 Å². The number of aromatic nitrogens is 2. The zero-order valence-electron chi connectivity index (χ0n) is 11.4. The lowest BCUT2D eigenvalue weighted by atomic mass is 10.3. The summed E-state index contributed by atoms with van der Waals surface area (Å²) in [6.07, 6.45) is 2.97. The topological polar surface area (TPSA) is 70.2 Å². The van der Waals surface area contributed by atoms with Crippen LogP contribution in [-0.4, -0.2) is 30.1 Å². The Labute approximate surface area is 126 Å². The van der Waals surface area contributed by atoms with E-state index in [4.69, 9.17) is 11.6 Å². The lowest BCUT2D eigenvalue weighted by molar-refractivity contribution is 0.262. The first-order valence-electron chi connectivity index (χ1n) is 5.98. The predicted octanol–water partition coefficient (Wildman–Crippen LogP) is 2.98. The minimum absolute atomic E-state index is 0.0635. The Morgan fingerprint density at radius 2 is 1.81 bits per heavy atom. The first-order chi connectivity index (χ1) is 9.95. The molecule has 0 saturated carbocycles. The molecular weight excluding hydrogens is 297 g/mol. The van der Waals surface area contributed by atoms with E-state index in [1.165, 1.54) is 30.6 Å². The number of halogens is 2. The van der Waals surface area contributed by atoms with E-state index in [1.54, 1.807) is 4.90 Å². The van der Waals surface area contributed by atoms with Crippen LogP contribution in [0, 0.1) is 5.82 Å². The standard InChI is InChI=1S/C13H13ClFN5O/c1-20(2)12-16-6-9(7-17-12)19-13(21)18-8-3-4-11(15)10(14)5-8/h3-7H,1-2H3,(H2,18,19,21). The van der Waals surface area contributed by atoms with Gasteiger partial charge in [0.2, 0.25) is 5.95 Å². The van der Waals surface area contributed by atoms with Gasteiger partial charge in [-0.25, -0.2) is 19.2 Å². The van der Waals surface area contributed by atoms with Gasteiger partial charge in [0.15, 0.2) is 0 Å². The number of urea groups is 1. The monoisotopic (exact) mass is 309 g/mol. The molecule has 0 unspecified atom stereocenters. The lowest BCUT2D eigenvalue weighted by Crippen LogP contribution is -2.20. The van der Waals surface area contributed by atoms with Crippen molar-refractivity contribution in [1.29, 1.82) is 0 Å². The minimum Gasteiger partial charge on any atom is -0.347 e. The Balaban J connectivity index is 1.99. The van der Waals surface area contributed by atoms with Gasteiger partial charge >= 0.3 is 6.03 Å². The van der Waals surface area contributed by atoms with Crippen molar-refractivity contribution >= 4 is 35.0 Å². The molecule has 0 aliphatic rings. The summed E-state index contributed by atoms with van der Waals surface area (Å²) in [6.45, 7) is 0. The molecule has 2 N–H and O–H groups in total. The van der Waals surface area contributed by atoms with E-state index in [2.05, 4.69) is 20.6 Å². The van der Waals surface area contributed by atoms with Crippen molar-refractivity contribution < 1.29 is 9.18 Å². The Morgan fingerprint density at radius 3 is 2.38 bits per heavy atom. The van der Waals surface area contributed by atoms with Crippen LogP contribution in [0.5, 0.6) is 0 Å². The number of anilines is 3. The van der Waals surface area contributed by atoms with Crippen molar-refractivity contribution in [3.05, 3.63) is 41.4 Å². The fourth-order valence-corrected chi connectivity index (χ4v) is 1.66. The van der Waals surface area contributed by atoms with Crippen LogP contribution in [0.1, 0.15) is 0 Å². The predicted molar refractivity (Wildman–Crippen MR) is 80.4 cm³/mol. The van der Waals surface area contributed by atoms with Crippen molar-refractivity contribution in [2.75, 3.05) is 29.6 Å². The SMILES string of the molecule is CN(C)c1ncc(NC(=O)Nc2ccc(F)c(Cl)c2)cn1. The second-order valence-corrected chi connectivity index (χ2v) is 4.78. The van der Waals surface area contributed by atoms with Crippen LogP contribution in [0.25, 0.3) is 0 Å². The third-order valence-electron chi connectivity index (χ3n) is 2.47. The molecule has 0 aliphatic heterocycles. The van der Waals surface area contributed by atoms with Crippen molar-refractivity contribution in [2.45, 2.75) is 0 Å². The maximum atomic E-state index is 13.0. The second kappa shape index (κ2) is 6.36. The third kappa shape index (κ3) is 4.03. The lowest BCUT2D eigenvalue weighted by Gasteiger charge is -2.11. The first-order valence-corrected chi connectivity index (χ1v) is 6.36. The number of rotatable bonds is 3. The smallest absolute Gasteiger partial charge is 0.323 e. The van der Waals surface area contributed by atoms with Gasteiger partial charge in [0.05, 0.1) is 23.1 Å². The van der Waals surface area contributed by atoms with Crippen LogP contribution in [0.2, 0.25) is 5.02 Å². The third-order valence-corrected chi connectivity index (χ3v) is 2.76. The summed E-state index contributed by atoms with van der Waals surface area (Å²) in [5, 5.41) is 5.03. The highest BCUT2D eigenvalue weighted by Crippen LogP contribution is 2.19. The molecule has 0 radical (unpaired) electrons. The number of carbonyl (C=O) groups excluding carboxylic acids is 1. The molecule has 8 heteroatoms. The van der Waals surface area contributed by atoms with E-state index in [1.807, 2.05) is 14.1 Å². The first kappa shape index (κ1) is 15.0. The largest absolute Gasteiger partial charge is 0.347 e. The molecule has 1 aromatic heterocycles. The number of amides is 2. The summed E-state index contributed by atoms with van der Waals surface area (Å²) in [7, 11) is 3.63. The Bertz CT molecular complexity index is 648. The average molecular weight is 310 g/mol. The quantitative estimate of drug-likeness (QED) is 0.914. The molecule has 6 nitrogen and oxygen atoms in total. The van der Waals surface area contributed by atoms with Gasteiger partial charge in [-0.1, -0.05) is 11.6 Å². The zero-order chi connectivity index (χ0) is 15.4. The van der Waals surface area contributed by atoms with Gasteiger partial charge < -0.3 is 15.5 Å². The summed E-state index contributed by atoms with van der Waals surface area (Å²) in [5.41, 5.74) is 0.816. The van der Waals surface area contributed by atoms with Crippen molar-refractivity contribution in [3.8, 4) is 0 Å².